The van der Waals surface area contributed by atoms with Crippen LogP contribution in [0.1, 0.15) is 12.5 Å². The molecule has 9 heteroatoms. The largest absolute Gasteiger partial charge is 0.351 e. The molecule has 2 aromatic carbocycles. The third-order valence-corrected chi connectivity index (χ3v) is 5.28. The highest BCUT2D eigenvalue weighted by Gasteiger charge is 2.22. The molecule has 0 bridgehead atoms. The number of hydrogen-bond donors (Lipinski definition) is 2. The predicted molar refractivity (Wildman–Crippen MR) is 109 cm³/mol. The van der Waals surface area contributed by atoms with Crippen LogP contribution in [0.2, 0.25) is 0 Å². The Balaban J connectivity index is 1.90. The number of nitrogens with one attached hydrogen (secondary N) is 1. The Morgan fingerprint density at radius 2 is 1.83 bits per heavy atom. The van der Waals surface area contributed by atoms with E-state index < -0.39 is 23.0 Å². The Morgan fingerprint density at radius 3 is 2.52 bits per heavy atom. The minimum atomic E-state index is -0.917. The van der Waals surface area contributed by atoms with Crippen LogP contribution in [0.25, 0.3) is 11.4 Å². The maximum absolute atomic E-state index is 14.4. The summed E-state index contributed by atoms with van der Waals surface area (Å²) in [6.45, 7) is 2.12. The standard InChI is InChI=1S/C20H20FN5O2S/c1-13(18(27)23-19(22)28)29-20-25-24-17(15-9-5-6-10-16(15)21)26(20)12-11-14-7-3-2-4-8-14/h2-10,13H,11-12H2,1H3,(H3,22,23,27,28). The number of benzene rings is 2. The average molecular weight is 413 g/mol. The Kier molecular flexibility index (Phi) is 6.61. The van der Waals surface area contributed by atoms with Gasteiger partial charge >= 0.3 is 6.03 Å². The van der Waals surface area contributed by atoms with E-state index in [-0.39, 0.29) is 0 Å². The fourth-order valence-corrected chi connectivity index (χ4v) is 3.61. The lowest BCUT2D eigenvalue weighted by atomic mass is 10.1. The molecule has 0 aliphatic carbocycles. The lowest BCUT2D eigenvalue weighted by Crippen LogP contribution is -2.39. The number of hydrogen-bond acceptors (Lipinski definition) is 5. The highest BCUT2D eigenvalue weighted by Crippen LogP contribution is 2.28. The zero-order chi connectivity index (χ0) is 20.8. The number of imide groups is 1. The van der Waals surface area contributed by atoms with Crippen molar-refractivity contribution in [2.75, 3.05) is 0 Å². The smallest absolute Gasteiger partial charge is 0.318 e. The van der Waals surface area contributed by atoms with E-state index in [4.69, 9.17) is 5.73 Å². The van der Waals surface area contributed by atoms with Gasteiger partial charge in [0, 0.05) is 6.54 Å². The van der Waals surface area contributed by atoms with Crippen molar-refractivity contribution in [2.45, 2.75) is 30.3 Å². The molecule has 0 spiro atoms. The van der Waals surface area contributed by atoms with E-state index in [1.165, 1.54) is 6.07 Å². The first-order chi connectivity index (χ1) is 14.0. The molecular weight excluding hydrogens is 393 g/mol. The van der Waals surface area contributed by atoms with Gasteiger partial charge in [-0.15, -0.1) is 10.2 Å². The number of aromatic nitrogens is 3. The van der Waals surface area contributed by atoms with Crippen LogP contribution < -0.4 is 11.1 Å². The molecule has 0 saturated heterocycles. The second-order valence-corrected chi connectivity index (χ2v) is 7.59. The Hall–Kier alpha value is -3.20. The van der Waals surface area contributed by atoms with Gasteiger partial charge < -0.3 is 10.3 Å². The van der Waals surface area contributed by atoms with E-state index in [1.54, 1.807) is 29.7 Å². The van der Waals surface area contributed by atoms with Gasteiger partial charge in [-0.3, -0.25) is 10.1 Å². The second-order valence-electron chi connectivity index (χ2n) is 6.29. The molecule has 3 N–H and O–H groups in total. The number of halogens is 1. The van der Waals surface area contributed by atoms with Crippen molar-refractivity contribution in [3.8, 4) is 11.4 Å². The van der Waals surface area contributed by atoms with Crippen LogP contribution in [-0.2, 0) is 17.8 Å². The summed E-state index contributed by atoms with van der Waals surface area (Å²) in [6.07, 6.45) is 0.676. The van der Waals surface area contributed by atoms with Gasteiger partial charge in [0.05, 0.1) is 10.8 Å². The number of thioether (sulfide) groups is 1. The van der Waals surface area contributed by atoms with E-state index in [2.05, 4.69) is 10.2 Å². The highest BCUT2D eigenvalue weighted by atomic mass is 32.2. The van der Waals surface area contributed by atoms with Gasteiger partial charge in [0.15, 0.2) is 11.0 Å². The molecule has 3 rings (SSSR count). The third-order valence-electron chi connectivity index (χ3n) is 4.20. The number of nitrogens with two attached hydrogens (primary N) is 1. The second kappa shape index (κ2) is 9.33. The summed E-state index contributed by atoms with van der Waals surface area (Å²) in [4.78, 5) is 23.0. The zero-order valence-electron chi connectivity index (χ0n) is 15.7. The molecule has 150 valence electrons. The first-order valence-electron chi connectivity index (χ1n) is 8.94. The third kappa shape index (κ3) is 5.20. The van der Waals surface area contributed by atoms with Gasteiger partial charge in [-0.1, -0.05) is 54.2 Å². The van der Waals surface area contributed by atoms with Gasteiger partial charge in [-0.05, 0) is 31.0 Å². The number of amides is 3. The van der Waals surface area contributed by atoms with E-state index in [0.29, 0.717) is 29.5 Å². The molecular formula is C20H20FN5O2S. The number of nitrogens with zero attached hydrogens (tertiary/aromatic N) is 3. The maximum atomic E-state index is 14.4. The molecule has 3 amide bonds. The molecule has 1 aromatic heterocycles. The van der Waals surface area contributed by atoms with E-state index in [1.807, 2.05) is 35.6 Å². The van der Waals surface area contributed by atoms with Gasteiger partial charge in [0.1, 0.15) is 5.82 Å². The van der Waals surface area contributed by atoms with Gasteiger partial charge in [0.25, 0.3) is 0 Å². The minimum absolute atomic E-state index is 0.328. The number of carbonyl (C=O) groups is 2. The number of primary amides is 1. The van der Waals surface area contributed by atoms with Crippen molar-refractivity contribution in [3.63, 3.8) is 0 Å². The summed E-state index contributed by atoms with van der Waals surface area (Å²) < 4.78 is 16.1. The van der Waals surface area contributed by atoms with Crippen molar-refractivity contribution < 1.29 is 14.0 Å². The number of urea groups is 1. The van der Waals surface area contributed by atoms with Crippen molar-refractivity contribution in [2.24, 2.45) is 5.73 Å². The fourth-order valence-electron chi connectivity index (χ4n) is 2.74. The summed E-state index contributed by atoms with van der Waals surface area (Å²) >= 11 is 1.12. The molecule has 7 nitrogen and oxygen atoms in total. The van der Waals surface area contributed by atoms with Crippen LogP contribution in [0, 0.1) is 5.82 Å². The van der Waals surface area contributed by atoms with Crippen molar-refractivity contribution in [1.29, 1.82) is 0 Å². The van der Waals surface area contributed by atoms with Gasteiger partial charge in [-0.2, -0.15) is 0 Å². The molecule has 0 aliphatic heterocycles. The predicted octanol–water partition coefficient (Wildman–Crippen LogP) is 3.00. The lowest BCUT2D eigenvalue weighted by Gasteiger charge is -2.13. The highest BCUT2D eigenvalue weighted by molar-refractivity contribution is 8.00. The lowest BCUT2D eigenvalue weighted by molar-refractivity contribution is -0.119. The Labute approximate surface area is 171 Å². The first-order valence-corrected chi connectivity index (χ1v) is 9.82. The summed E-state index contributed by atoms with van der Waals surface area (Å²) in [7, 11) is 0. The van der Waals surface area contributed by atoms with Crippen molar-refractivity contribution in [1.82, 2.24) is 20.1 Å². The van der Waals surface area contributed by atoms with Crippen LogP contribution in [0.5, 0.6) is 0 Å². The molecule has 1 atom stereocenters. The van der Waals surface area contributed by atoms with E-state index >= 15 is 0 Å². The zero-order valence-corrected chi connectivity index (χ0v) is 16.5. The topological polar surface area (TPSA) is 103 Å². The molecule has 0 radical (unpaired) electrons. The molecule has 0 fully saturated rings. The van der Waals surface area contributed by atoms with Crippen LogP contribution in [0.3, 0.4) is 0 Å². The molecule has 0 aliphatic rings. The van der Waals surface area contributed by atoms with E-state index in [0.717, 1.165) is 17.3 Å². The van der Waals surface area contributed by atoms with E-state index in [9.17, 15) is 14.0 Å². The SMILES string of the molecule is CC(Sc1nnc(-c2ccccc2F)n1CCc1ccccc1)C(=O)NC(N)=O. The van der Waals surface area contributed by atoms with Gasteiger partial charge in [0.2, 0.25) is 5.91 Å². The Bertz CT molecular complexity index is 1010. The summed E-state index contributed by atoms with van der Waals surface area (Å²) in [5.41, 5.74) is 6.44. The maximum Gasteiger partial charge on any atom is 0.318 e. The van der Waals surface area contributed by atoms with Crippen LogP contribution in [0.15, 0.2) is 59.8 Å². The average Bonchev–Trinajstić information content (AvgIpc) is 3.09. The normalized spacial score (nSPS) is 11.8. The summed E-state index contributed by atoms with van der Waals surface area (Å²) in [5.74, 6) is -0.562. The van der Waals surface area contributed by atoms with Crippen LogP contribution >= 0.6 is 11.8 Å². The molecule has 3 aromatic rings. The minimum Gasteiger partial charge on any atom is -0.351 e. The van der Waals surface area contributed by atoms with Crippen LogP contribution in [-0.4, -0.2) is 32.0 Å². The molecule has 1 unspecified atom stereocenters. The first kappa shape index (κ1) is 20.5. The monoisotopic (exact) mass is 413 g/mol. The quantitative estimate of drug-likeness (QED) is 0.580. The molecule has 0 saturated carbocycles. The molecule has 29 heavy (non-hydrogen) atoms. The summed E-state index contributed by atoms with van der Waals surface area (Å²) in [5, 5.41) is 10.2. The molecule has 1 heterocycles. The number of carbonyl (C=O) groups excluding carboxylic acids is 2. The van der Waals surface area contributed by atoms with Crippen LogP contribution in [0.4, 0.5) is 9.18 Å². The van der Waals surface area contributed by atoms with Gasteiger partial charge in [-0.25, -0.2) is 9.18 Å². The Morgan fingerprint density at radius 1 is 1.14 bits per heavy atom. The summed E-state index contributed by atoms with van der Waals surface area (Å²) in [6, 6.07) is 15.3. The number of aryl methyl sites for hydroxylation is 1. The van der Waals surface area contributed by atoms with Crippen molar-refractivity contribution in [3.05, 3.63) is 66.0 Å². The van der Waals surface area contributed by atoms with Crippen molar-refractivity contribution >= 4 is 23.7 Å². The number of rotatable bonds is 7. The fraction of sp³-hybridized carbons (Fsp3) is 0.200.